The fraction of sp³-hybridized carbons (Fsp3) is 0.500. The Labute approximate surface area is 103 Å². The largest absolute Gasteiger partial charge is 0.293 e. The Bertz CT molecular complexity index is 327. The van der Waals surface area contributed by atoms with Gasteiger partial charge in [-0.25, -0.2) is 0 Å². The summed E-state index contributed by atoms with van der Waals surface area (Å²) in [7, 11) is 0. The van der Waals surface area contributed by atoms with E-state index >= 15 is 0 Å². The number of thioether (sulfide) groups is 1. The maximum Gasteiger partial charge on any atom is 0.172 e. The van der Waals surface area contributed by atoms with Crippen LogP contribution < -0.4 is 0 Å². The molecule has 1 aromatic rings. The van der Waals surface area contributed by atoms with Crippen LogP contribution in [0.15, 0.2) is 24.3 Å². The van der Waals surface area contributed by atoms with Crippen LogP contribution in [0.1, 0.15) is 36.7 Å². The van der Waals surface area contributed by atoms with E-state index in [1.165, 1.54) is 5.56 Å². The second kappa shape index (κ2) is 6.74. The van der Waals surface area contributed by atoms with Gasteiger partial charge in [-0.2, -0.15) is 11.8 Å². The van der Waals surface area contributed by atoms with Gasteiger partial charge in [-0.1, -0.05) is 45.0 Å². The molecule has 0 heterocycles. The molecule has 0 aliphatic carbocycles. The third-order valence-electron chi connectivity index (χ3n) is 2.37. The highest BCUT2D eigenvalue weighted by molar-refractivity contribution is 7.99. The Hall–Kier alpha value is -0.760. The minimum absolute atomic E-state index is 0.244. The first-order valence-corrected chi connectivity index (χ1v) is 6.98. The van der Waals surface area contributed by atoms with Crippen LogP contribution in [0.25, 0.3) is 0 Å². The highest BCUT2D eigenvalue weighted by atomic mass is 32.2. The Morgan fingerprint density at radius 3 is 2.38 bits per heavy atom. The number of benzene rings is 1. The summed E-state index contributed by atoms with van der Waals surface area (Å²) in [6, 6.07) is 7.97. The van der Waals surface area contributed by atoms with Crippen LogP contribution in [-0.2, 0) is 6.42 Å². The molecule has 1 nitrogen and oxygen atoms in total. The van der Waals surface area contributed by atoms with E-state index in [0.717, 1.165) is 17.7 Å². The fourth-order valence-electron chi connectivity index (χ4n) is 1.40. The number of hydrogen-bond donors (Lipinski definition) is 0. The summed E-state index contributed by atoms with van der Waals surface area (Å²) in [5.74, 6) is 2.55. The van der Waals surface area contributed by atoms with Gasteiger partial charge in [0.1, 0.15) is 0 Å². The first-order valence-electron chi connectivity index (χ1n) is 5.83. The molecule has 1 aromatic carbocycles. The van der Waals surface area contributed by atoms with Gasteiger partial charge in [0.25, 0.3) is 0 Å². The number of carbonyl (C=O) groups is 1. The first-order chi connectivity index (χ1) is 7.63. The second-order valence-electron chi connectivity index (χ2n) is 4.38. The molecule has 0 fully saturated rings. The molecule has 0 radical (unpaired) electrons. The molecule has 0 aliphatic heterocycles. The molecule has 0 aliphatic rings. The van der Waals surface area contributed by atoms with Gasteiger partial charge in [0, 0.05) is 5.56 Å². The smallest absolute Gasteiger partial charge is 0.172 e. The number of ketones is 1. The van der Waals surface area contributed by atoms with E-state index in [4.69, 9.17) is 0 Å². The maximum atomic E-state index is 11.8. The van der Waals surface area contributed by atoms with E-state index in [-0.39, 0.29) is 5.78 Å². The molecule has 0 amide bonds. The van der Waals surface area contributed by atoms with Crippen molar-refractivity contribution in [2.75, 3.05) is 11.5 Å². The van der Waals surface area contributed by atoms with Crippen LogP contribution in [0.5, 0.6) is 0 Å². The molecule has 0 aromatic heterocycles. The number of carbonyl (C=O) groups excluding carboxylic acids is 1. The zero-order valence-corrected chi connectivity index (χ0v) is 11.1. The Morgan fingerprint density at radius 2 is 1.88 bits per heavy atom. The molecule has 1 rings (SSSR count). The average Bonchev–Trinajstić information content (AvgIpc) is 2.28. The first kappa shape index (κ1) is 13.3. The van der Waals surface area contributed by atoms with Gasteiger partial charge in [-0.15, -0.1) is 0 Å². The molecule has 16 heavy (non-hydrogen) atoms. The van der Waals surface area contributed by atoms with Gasteiger partial charge in [-0.05, 0) is 23.7 Å². The molecule has 88 valence electrons. The Kier molecular flexibility index (Phi) is 5.61. The molecule has 0 atom stereocenters. The van der Waals surface area contributed by atoms with Crippen LogP contribution in [0.4, 0.5) is 0 Å². The van der Waals surface area contributed by atoms with Gasteiger partial charge >= 0.3 is 0 Å². The normalized spacial score (nSPS) is 10.8. The third kappa shape index (κ3) is 4.40. The van der Waals surface area contributed by atoms with Crippen molar-refractivity contribution < 1.29 is 4.79 Å². The summed E-state index contributed by atoms with van der Waals surface area (Å²) >= 11 is 1.72. The summed E-state index contributed by atoms with van der Waals surface area (Å²) in [4.78, 5) is 11.8. The molecule has 2 heteroatoms. The number of aryl methyl sites for hydroxylation is 1. The van der Waals surface area contributed by atoms with Crippen molar-refractivity contribution in [2.45, 2.75) is 27.2 Å². The van der Waals surface area contributed by atoms with E-state index in [1.807, 2.05) is 24.3 Å². The second-order valence-corrected chi connectivity index (χ2v) is 5.41. The molecule has 0 spiro atoms. The predicted molar refractivity (Wildman–Crippen MR) is 72.3 cm³/mol. The quantitative estimate of drug-likeness (QED) is 0.698. The van der Waals surface area contributed by atoms with E-state index in [0.29, 0.717) is 11.7 Å². The molecule has 0 N–H and O–H groups in total. The zero-order valence-electron chi connectivity index (χ0n) is 10.3. The molecular formula is C14H20OS. The van der Waals surface area contributed by atoms with Crippen molar-refractivity contribution >= 4 is 17.5 Å². The lowest BCUT2D eigenvalue weighted by Gasteiger charge is -2.04. The summed E-state index contributed by atoms with van der Waals surface area (Å²) in [6.45, 7) is 6.47. The van der Waals surface area contributed by atoms with Crippen LogP contribution in [-0.4, -0.2) is 17.3 Å². The van der Waals surface area contributed by atoms with Crippen LogP contribution >= 0.6 is 11.8 Å². The van der Waals surface area contributed by atoms with Crippen LogP contribution in [0.3, 0.4) is 0 Å². The van der Waals surface area contributed by atoms with E-state index in [2.05, 4.69) is 20.8 Å². The summed E-state index contributed by atoms with van der Waals surface area (Å²) in [5.41, 5.74) is 2.12. The maximum absolute atomic E-state index is 11.8. The van der Waals surface area contributed by atoms with Gasteiger partial charge < -0.3 is 0 Å². The monoisotopic (exact) mass is 236 g/mol. The molecule has 0 saturated carbocycles. The van der Waals surface area contributed by atoms with Crippen molar-refractivity contribution in [1.29, 1.82) is 0 Å². The van der Waals surface area contributed by atoms with Crippen molar-refractivity contribution in [3.63, 3.8) is 0 Å². The SMILES string of the molecule is CCc1ccc(C(=O)CSCC(C)C)cc1. The standard InChI is InChI=1S/C14H20OS/c1-4-12-5-7-13(8-6-12)14(15)10-16-9-11(2)3/h5-8,11H,4,9-10H2,1-3H3. The minimum Gasteiger partial charge on any atom is -0.293 e. The molecule has 0 bridgehead atoms. The fourth-order valence-corrected chi connectivity index (χ4v) is 2.34. The van der Waals surface area contributed by atoms with E-state index in [1.54, 1.807) is 11.8 Å². The van der Waals surface area contributed by atoms with E-state index < -0.39 is 0 Å². The van der Waals surface area contributed by atoms with Crippen LogP contribution in [0, 0.1) is 5.92 Å². The minimum atomic E-state index is 0.244. The average molecular weight is 236 g/mol. The van der Waals surface area contributed by atoms with E-state index in [9.17, 15) is 4.79 Å². The summed E-state index contributed by atoms with van der Waals surface area (Å²) in [6.07, 6.45) is 1.02. The molecule has 0 unspecified atom stereocenters. The van der Waals surface area contributed by atoms with Gasteiger partial charge in [0.15, 0.2) is 5.78 Å². The van der Waals surface area contributed by atoms with Gasteiger partial charge in [0.05, 0.1) is 5.75 Å². The highest BCUT2D eigenvalue weighted by Crippen LogP contribution is 2.12. The number of rotatable bonds is 6. The Morgan fingerprint density at radius 1 is 1.25 bits per heavy atom. The van der Waals surface area contributed by atoms with Crippen molar-refractivity contribution in [3.8, 4) is 0 Å². The van der Waals surface area contributed by atoms with Crippen molar-refractivity contribution in [1.82, 2.24) is 0 Å². The van der Waals surface area contributed by atoms with Gasteiger partial charge in [0.2, 0.25) is 0 Å². The summed E-state index contributed by atoms with van der Waals surface area (Å²) < 4.78 is 0. The number of hydrogen-bond acceptors (Lipinski definition) is 2. The predicted octanol–water partition coefficient (Wildman–Crippen LogP) is 3.82. The topological polar surface area (TPSA) is 17.1 Å². The van der Waals surface area contributed by atoms with Crippen molar-refractivity contribution in [3.05, 3.63) is 35.4 Å². The molecular weight excluding hydrogens is 216 g/mol. The zero-order chi connectivity index (χ0) is 12.0. The third-order valence-corrected chi connectivity index (χ3v) is 3.74. The lowest BCUT2D eigenvalue weighted by atomic mass is 10.1. The number of Topliss-reactive ketones (excluding diaryl/α,β-unsaturated/α-hetero) is 1. The van der Waals surface area contributed by atoms with Crippen LogP contribution in [0.2, 0.25) is 0 Å². The summed E-state index contributed by atoms with van der Waals surface area (Å²) in [5, 5.41) is 0. The molecule has 0 saturated heterocycles. The Balaban J connectivity index is 2.46. The van der Waals surface area contributed by atoms with Crippen molar-refractivity contribution in [2.24, 2.45) is 5.92 Å². The lowest BCUT2D eigenvalue weighted by molar-refractivity contribution is 0.102. The lowest BCUT2D eigenvalue weighted by Crippen LogP contribution is -2.04. The highest BCUT2D eigenvalue weighted by Gasteiger charge is 2.06. The van der Waals surface area contributed by atoms with Gasteiger partial charge in [-0.3, -0.25) is 4.79 Å².